The molecular weight excluding hydrogens is 362 g/mol. The smallest absolute Gasteiger partial charge is 0.267 e. The van der Waals surface area contributed by atoms with Gasteiger partial charge in [0, 0.05) is 11.6 Å². The van der Waals surface area contributed by atoms with Crippen LogP contribution in [-0.2, 0) is 0 Å². The van der Waals surface area contributed by atoms with Gasteiger partial charge in [0.05, 0.1) is 29.2 Å². The van der Waals surface area contributed by atoms with Crippen molar-refractivity contribution in [2.24, 2.45) is 0 Å². The van der Waals surface area contributed by atoms with Crippen LogP contribution >= 0.6 is 11.3 Å². The Balaban J connectivity index is 1.52. The number of aromatic nitrogens is 4. The number of aryl methyl sites for hydroxylation is 1. The summed E-state index contributed by atoms with van der Waals surface area (Å²) in [5.41, 5.74) is 3.00. The summed E-state index contributed by atoms with van der Waals surface area (Å²) < 4.78 is 0. The van der Waals surface area contributed by atoms with E-state index >= 15 is 0 Å². The van der Waals surface area contributed by atoms with E-state index in [0.717, 1.165) is 22.2 Å². The fourth-order valence-electron chi connectivity index (χ4n) is 2.55. The number of hydrogen-bond acceptors (Lipinski definition) is 7. The van der Waals surface area contributed by atoms with E-state index < -0.39 is 0 Å². The molecule has 0 saturated carbocycles. The number of nitrogens with one attached hydrogen (secondary N) is 3. The van der Waals surface area contributed by atoms with Gasteiger partial charge in [0.1, 0.15) is 16.8 Å². The molecule has 27 heavy (non-hydrogen) atoms. The number of nitrogens with zero attached hydrogens (tertiary/aromatic N) is 4. The first-order valence-corrected chi connectivity index (χ1v) is 8.79. The molecule has 0 aliphatic heterocycles. The normalized spacial score (nSPS) is 10.5. The van der Waals surface area contributed by atoms with Crippen LogP contribution in [0.15, 0.2) is 42.9 Å². The zero-order valence-electron chi connectivity index (χ0n) is 14.1. The fourth-order valence-corrected chi connectivity index (χ4v) is 3.27. The topological polar surface area (TPSA) is 119 Å². The molecular formula is C18H13N7OS. The number of amides is 1. The van der Waals surface area contributed by atoms with Gasteiger partial charge >= 0.3 is 0 Å². The minimum absolute atomic E-state index is 0.245. The molecule has 0 bridgehead atoms. The highest BCUT2D eigenvalue weighted by Gasteiger charge is 2.15. The summed E-state index contributed by atoms with van der Waals surface area (Å²) >= 11 is 1.22. The fraction of sp³-hybridized carbons (Fsp3) is 0.0556. The number of hydrogen-bond donors (Lipinski definition) is 3. The summed E-state index contributed by atoms with van der Waals surface area (Å²) in [6, 6.07) is 9.20. The van der Waals surface area contributed by atoms with Gasteiger partial charge in [0.25, 0.3) is 5.91 Å². The van der Waals surface area contributed by atoms with E-state index in [-0.39, 0.29) is 5.91 Å². The molecule has 8 nitrogen and oxygen atoms in total. The number of pyridine rings is 1. The Hall–Kier alpha value is -3.77. The lowest BCUT2D eigenvalue weighted by Crippen LogP contribution is -2.11. The van der Waals surface area contributed by atoms with E-state index in [2.05, 4.69) is 30.8 Å². The first-order valence-electron chi connectivity index (χ1n) is 7.97. The van der Waals surface area contributed by atoms with Crippen molar-refractivity contribution < 1.29 is 4.79 Å². The van der Waals surface area contributed by atoms with E-state index in [1.165, 1.54) is 23.7 Å². The largest absolute Gasteiger partial charge is 0.320 e. The van der Waals surface area contributed by atoms with Crippen LogP contribution in [0.5, 0.6) is 0 Å². The molecule has 4 rings (SSSR count). The number of carbonyl (C=O) groups is 1. The quantitative estimate of drug-likeness (QED) is 0.501. The van der Waals surface area contributed by atoms with Crippen molar-refractivity contribution in [1.82, 2.24) is 20.2 Å². The molecule has 3 heterocycles. The van der Waals surface area contributed by atoms with Crippen LogP contribution in [-0.4, -0.2) is 26.1 Å². The van der Waals surface area contributed by atoms with E-state index in [0.29, 0.717) is 21.4 Å². The molecule has 3 N–H and O–H groups in total. The number of anilines is 3. The lowest BCUT2D eigenvalue weighted by atomic mass is 10.1. The lowest BCUT2D eigenvalue weighted by molar-refractivity contribution is 0.103. The number of H-pyrrole nitrogens is 1. The Bertz CT molecular complexity index is 1170. The second kappa shape index (κ2) is 6.86. The van der Waals surface area contributed by atoms with Crippen LogP contribution in [0.2, 0.25) is 0 Å². The Morgan fingerprint density at radius 2 is 2.07 bits per heavy atom. The highest BCUT2D eigenvalue weighted by molar-refractivity contribution is 7.17. The average Bonchev–Trinajstić information content (AvgIpc) is 3.34. The second-order valence-corrected chi connectivity index (χ2v) is 6.77. The third kappa shape index (κ3) is 3.33. The minimum atomic E-state index is -0.245. The van der Waals surface area contributed by atoms with Gasteiger partial charge in [-0.05, 0) is 30.7 Å². The third-order valence-electron chi connectivity index (χ3n) is 3.93. The SMILES string of the molecule is Cc1ccc2[nH]ncc2c1NC(=O)c1cnc(Nc2ccc(C#N)cn2)s1. The predicted molar refractivity (Wildman–Crippen MR) is 103 cm³/mol. The van der Waals surface area contributed by atoms with Gasteiger partial charge < -0.3 is 10.6 Å². The Kier molecular flexibility index (Phi) is 4.24. The lowest BCUT2D eigenvalue weighted by Gasteiger charge is -2.08. The number of fused-ring (bicyclic) bond motifs is 1. The average molecular weight is 375 g/mol. The number of benzene rings is 1. The van der Waals surface area contributed by atoms with E-state index in [4.69, 9.17) is 5.26 Å². The summed E-state index contributed by atoms with van der Waals surface area (Å²) in [4.78, 5) is 21.4. The summed E-state index contributed by atoms with van der Waals surface area (Å²) in [6.45, 7) is 1.93. The third-order valence-corrected chi connectivity index (χ3v) is 4.84. The monoisotopic (exact) mass is 375 g/mol. The maximum absolute atomic E-state index is 12.6. The summed E-state index contributed by atoms with van der Waals surface area (Å²) in [5, 5.41) is 23.1. The van der Waals surface area contributed by atoms with Gasteiger partial charge in [-0.25, -0.2) is 9.97 Å². The molecule has 4 aromatic rings. The van der Waals surface area contributed by atoms with Crippen molar-refractivity contribution in [1.29, 1.82) is 5.26 Å². The molecule has 0 saturated heterocycles. The summed E-state index contributed by atoms with van der Waals surface area (Å²) in [5.74, 6) is 0.305. The molecule has 0 atom stereocenters. The molecule has 132 valence electrons. The van der Waals surface area contributed by atoms with Crippen LogP contribution in [0.3, 0.4) is 0 Å². The number of aromatic amines is 1. The van der Waals surface area contributed by atoms with Crippen LogP contribution < -0.4 is 10.6 Å². The molecule has 0 fully saturated rings. The van der Waals surface area contributed by atoms with Crippen molar-refractivity contribution in [2.45, 2.75) is 6.92 Å². The maximum Gasteiger partial charge on any atom is 0.267 e. The highest BCUT2D eigenvalue weighted by atomic mass is 32.1. The Morgan fingerprint density at radius 1 is 1.19 bits per heavy atom. The van der Waals surface area contributed by atoms with Crippen LogP contribution in [0.1, 0.15) is 20.8 Å². The molecule has 3 aromatic heterocycles. The van der Waals surface area contributed by atoms with Crippen molar-refractivity contribution in [2.75, 3.05) is 10.6 Å². The van der Waals surface area contributed by atoms with E-state index in [9.17, 15) is 4.79 Å². The molecule has 1 amide bonds. The molecule has 0 radical (unpaired) electrons. The maximum atomic E-state index is 12.6. The predicted octanol–water partition coefficient (Wildman–Crippen LogP) is 3.59. The molecule has 9 heteroatoms. The zero-order valence-corrected chi connectivity index (χ0v) is 15.0. The summed E-state index contributed by atoms with van der Waals surface area (Å²) in [6.07, 6.45) is 4.67. The first kappa shape index (κ1) is 16.7. The van der Waals surface area contributed by atoms with Crippen LogP contribution in [0.25, 0.3) is 10.9 Å². The van der Waals surface area contributed by atoms with Crippen LogP contribution in [0.4, 0.5) is 16.6 Å². The zero-order chi connectivity index (χ0) is 18.8. The van der Waals surface area contributed by atoms with Crippen LogP contribution in [0, 0.1) is 18.3 Å². The van der Waals surface area contributed by atoms with Crippen molar-refractivity contribution >= 4 is 44.8 Å². The number of carbonyl (C=O) groups excluding carboxylic acids is 1. The number of thiazole rings is 1. The van der Waals surface area contributed by atoms with E-state index in [1.54, 1.807) is 18.3 Å². The standard InChI is InChI=1S/C18H13N7OS/c1-10-2-4-13-12(8-22-25-13)16(10)24-17(26)14-9-21-18(27-14)23-15-5-3-11(6-19)7-20-15/h2-5,7-9H,1H3,(H,22,25)(H,24,26)(H,20,21,23). The van der Waals surface area contributed by atoms with Crippen molar-refractivity contribution in [3.05, 3.63) is 58.9 Å². The van der Waals surface area contributed by atoms with Gasteiger partial charge in [-0.1, -0.05) is 17.4 Å². The molecule has 1 aromatic carbocycles. The first-order chi connectivity index (χ1) is 13.1. The Morgan fingerprint density at radius 3 is 2.85 bits per heavy atom. The molecule has 0 unspecified atom stereocenters. The molecule has 0 spiro atoms. The molecule has 0 aliphatic carbocycles. The summed E-state index contributed by atoms with van der Waals surface area (Å²) in [7, 11) is 0. The van der Waals surface area contributed by atoms with Gasteiger partial charge in [0.2, 0.25) is 0 Å². The highest BCUT2D eigenvalue weighted by Crippen LogP contribution is 2.28. The van der Waals surface area contributed by atoms with Crippen molar-refractivity contribution in [3.63, 3.8) is 0 Å². The number of rotatable bonds is 4. The second-order valence-electron chi connectivity index (χ2n) is 5.74. The van der Waals surface area contributed by atoms with Crippen molar-refractivity contribution in [3.8, 4) is 6.07 Å². The van der Waals surface area contributed by atoms with Gasteiger partial charge in [0.15, 0.2) is 5.13 Å². The van der Waals surface area contributed by atoms with E-state index in [1.807, 2.05) is 25.1 Å². The molecule has 0 aliphatic rings. The Labute approximate surface area is 157 Å². The van der Waals surface area contributed by atoms with Gasteiger partial charge in [-0.3, -0.25) is 9.89 Å². The minimum Gasteiger partial charge on any atom is -0.320 e. The van der Waals surface area contributed by atoms with Gasteiger partial charge in [-0.15, -0.1) is 0 Å². The number of nitriles is 1. The van der Waals surface area contributed by atoms with Gasteiger partial charge in [-0.2, -0.15) is 10.4 Å².